The van der Waals surface area contributed by atoms with Gasteiger partial charge in [0.25, 0.3) is 0 Å². The fraction of sp³-hybridized carbons (Fsp3) is 0.455. The van der Waals surface area contributed by atoms with Gasteiger partial charge in [-0.15, -0.1) is 0 Å². The molecule has 0 fully saturated rings. The summed E-state index contributed by atoms with van der Waals surface area (Å²) < 4.78 is 0. The van der Waals surface area contributed by atoms with Crippen LogP contribution in [0, 0.1) is 0 Å². The van der Waals surface area contributed by atoms with E-state index >= 15 is 0 Å². The maximum Gasteiger partial charge on any atom is 0.337 e. The molecule has 17 heavy (non-hydrogen) atoms. The maximum atomic E-state index is 10.6. The number of rotatable bonds is 8. The zero-order valence-corrected chi connectivity index (χ0v) is 10.2. The van der Waals surface area contributed by atoms with Crippen LogP contribution in [-0.4, -0.2) is 45.8 Å². The molecule has 1 rings (SSSR count). The van der Waals surface area contributed by atoms with Crippen molar-refractivity contribution in [3.63, 3.8) is 0 Å². The Kier molecular flexibility index (Phi) is 6.42. The summed E-state index contributed by atoms with van der Waals surface area (Å²) in [6, 6.07) is 3.18. The largest absolute Gasteiger partial charge is 0.478 e. The number of hydrogen-bond acceptors (Lipinski definition) is 5. The van der Waals surface area contributed by atoms with Gasteiger partial charge in [0, 0.05) is 25.1 Å². The number of aromatic carboxylic acids is 1. The lowest BCUT2D eigenvalue weighted by Gasteiger charge is -2.05. The first-order chi connectivity index (χ1) is 8.24. The molecule has 0 saturated heterocycles. The molecule has 0 radical (unpaired) electrons. The van der Waals surface area contributed by atoms with Crippen LogP contribution in [0.1, 0.15) is 16.8 Å². The standard InChI is InChI=1S/C11H16N2O3S/c14-5-1-6-17-7-4-12-10-3-2-9(8-13-10)11(15)16/h2-3,8,14H,1,4-7H2,(H,12,13)(H,15,16). The van der Waals surface area contributed by atoms with Crippen LogP contribution >= 0.6 is 11.8 Å². The Labute approximate surface area is 104 Å². The molecule has 0 saturated carbocycles. The molecule has 3 N–H and O–H groups in total. The van der Waals surface area contributed by atoms with Crippen LogP contribution in [-0.2, 0) is 0 Å². The minimum absolute atomic E-state index is 0.188. The molecule has 1 aromatic heterocycles. The Bertz CT molecular complexity index is 343. The molecular formula is C11H16N2O3S. The van der Waals surface area contributed by atoms with Gasteiger partial charge in [0.15, 0.2) is 0 Å². The Morgan fingerprint density at radius 3 is 2.82 bits per heavy atom. The van der Waals surface area contributed by atoms with Crippen molar-refractivity contribution < 1.29 is 15.0 Å². The highest BCUT2D eigenvalue weighted by molar-refractivity contribution is 7.99. The maximum absolute atomic E-state index is 10.6. The summed E-state index contributed by atoms with van der Waals surface area (Å²) in [5, 5.41) is 20.4. The fourth-order valence-electron chi connectivity index (χ4n) is 1.14. The first-order valence-corrected chi connectivity index (χ1v) is 6.51. The Hall–Kier alpha value is -1.27. The molecule has 0 unspecified atom stereocenters. The molecular weight excluding hydrogens is 240 g/mol. The van der Waals surface area contributed by atoms with Crippen LogP contribution in [0.15, 0.2) is 18.3 Å². The smallest absolute Gasteiger partial charge is 0.337 e. The number of aliphatic hydroxyl groups excluding tert-OH is 1. The van der Waals surface area contributed by atoms with Crippen LogP contribution in [0.5, 0.6) is 0 Å². The number of carboxylic acids is 1. The van der Waals surface area contributed by atoms with Crippen molar-refractivity contribution in [1.29, 1.82) is 0 Å². The van der Waals surface area contributed by atoms with Crippen molar-refractivity contribution in [3.8, 4) is 0 Å². The number of anilines is 1. The summed E-state index contributed by atoms with van der Waals surface area (Å²) >= 11 is 1.76. The Morgan fingerprint density at radius 1 is 1.41 bits per heavy atom. The van der Waals surface area contributed by atoms with E-state index in [2.05, 4.69) is 10.3 Å². The third-order valence-electron chi connectivity index (χ3n) is 2.01. The first-order valence-electron chi connectivity index (χ1n) is 5.36. The molecule has 0 atom stereocenters. The highest BCUT2D eigenvalue weighted by Gasteiger charge is 2.02. The molecule has 5 nitrogen and oxygen atoms in total. The molecule has 0 aliphatic rings. The molecule has 6 heteroatoms. The van der Waals surface area contributed by atoms with Gasteiger partial charge in [0.05, 0.1) is 5.56 Å². The van der Waals surface area contributed by atoms with Gasteiger partial charge in [-0.05, 0) is 24.3 Å². The number of carboxylic acid groups (broad SMARTS) is 1. The molecule has 0 aromatic carbocycles. The zero-order chi connectivity index (χ0) is 12.5. The Balaban J connectivity index is 2.21. The highest BCUT2D eigenvalue weighted by atomic mass is 32.2. The van der Waals surface area contributed by atoms with E-state index in [0.717, 1.165) is 24.5 Å². The lowest BCUT2D eigenvalue weighted by molar-refractivity contribution is 0.0696. The Morgan fingerprint density at radius 2 is 2.24 bits per heavy atom. The summed E-state index contributed by atoms with van der Waals surface area (Å²) in [6.45, 7) is 1.01. The third kappa shape index (κ3) is 5.55. The van der Waals surface area contributed by atoms with Crippen LogP contribution < -0.4 is 5.32 Å². The number of nitrogens with zero attached hydrogens (tertiary/aromatic N) is 1. The average Bonchev–Trinajstić information content (AvgIpc) is 2.34. The monoisotopic (exact) mass is 256 g/mol. The highest BCUT2D eigenvalue weighted by Crippen LogP contribution is 2.06. The van der Waals surface area contributed by atoms with Crippen molar-refractivity contribution in [2.24, 2.45) is 0 Å². The van der Waals surface area contributed by atoms with Crippen molar-refractivity contribution >= 4 is 23.5 Å². The number of aliphatic hydroxyl groups is 1. The van der Waals surface area contributed by atoms with Crippen LogP contribution in [0.3, 0.4) is 0 Å². The molecule has 0 amide bonds. The topological polar surface area (TPSA) is 82.5 Å². The van der Waals surface area contributed by atoms with Crippen LogP contribution in [0.2, 0.25) is 0 Å². The minimum atomic E-state index is -0.969. The predicted molar refractivity (Wildman–Crippen MR) is 68.7 cm³/mol. The second-order valence-corrected chi connectivity index (χ2v) is 4.58. The van der Waals surface area contributed by atoms with Gasteiger partial charge in [-0.3, -0.25) is 0 Å². The van der Waals surface area contributed by atoms with Gasteiger partial charge in [-0.2, -0.15) is 11.8 Å². The van der Waals surface area contributed by atoms with E-state index in [0.29, 0.717) is 5.82 Å². The van der Waals surface area contributed by atoms with E-state index in [-0.39, 0.29) is 12.2 Å². The van der Waals surface area contributed by atoms with Gasteiger partial charge in [-0.25, -0.2) is 9.78 Å². The second kappa shape index (κ2) is 7.92. The van der Waals surface area contributed by atoms with E-state index in [9.17, 15) is 4.79 Å². The molecule has 0 aliphatic carbocycles. The molecule has 0 spiro atoms. The summed E-state index contributed by atoms with van der Waals surface area (Å²) in [4.78, 5) is 14.6. The normalized spacial score (nSPS) is 10.2. The third-order valence-corrected chi connectivity index (χ3v) is 3.08. The van der Waals surface area contributed by atoms with E-state index in [1.807, 2.05) is 0 Å². The van der Waals surface area contributed by atoms with Crippen LogP contribution in [0.25, 0.3) is 0 Å². The van der Waals surface area contributed by atoms with Gasteiger partial charge >= 0.3 is 5.97 Å². The quantitative estimate of drug-likeness (QED) is 0.608. The summed E-state index contributed by atoms with van der Waals surface area (Å²) in [5.41, 5.74) is 0.188. The van der Waals surface area contributed by atoms with Gasteiger partial charge in [0.2, 0.25) is 0 Å². The molecule has 1 aromatic rings. The van der Waals surface area contributed by atoms with Crippen LogP contribution in [0.4, 0.5) is 5.82 Å². The van der Waals surface area contributed by atoms with E-state index < -0.39 is 5.97 Å². The molecule has 0 bridgehead atoms. The van der Waals surface area contributed by atoms with Crippen molar-refractivity contribution in [2.75, 3.05) is 30.0 Å². The van der Waals surface area contributed by atoms with Gasteiger partial charge in [-0.1, -0.05) is 0 Å². The number of carbonyl (C=O) groups is 1. The average molecular weight is 256 g/mol. The number of pyridine rings is 1. The number of hydrogen-bond donors (Lipinski definition) is 3. The predicted octanol–water partition coefficient (Wildman–Crippen LogP) is 1.31. The SMILES string of the molecule is O=C(O)c1ccc(NCCSCCCO)nc1. The minimum Gasteiger partial charge on any atom is -0.478 e. The summed E-state index contributed by atoms with van der Waals surface area (Å²) in [5.74, 6) is 1.59. The van der Waals surface area contributed by atoms with Crippen molar-refractivity contribution in [1.82, 2.24) is 4.98 Å². The van der Waals surface area contributed by atoms with Gasteiger partial charge < -0.3 is 15.5 Å². The summed E-state index contributed by atoms with van der Waals surface area (Å²) in [6.07, 6.45) is 2.15. The summed E-state index contributed by atoms with van der Waals surface area (Å²) in [7, 11) is 0. The second-order valence-electron chi connectivity index (χ2n) is 3.35. The van der Waals surface area contributed by atoms with Crippen molar-refractivity contribution in [3.05, 3.63) is 23.9 Å². The first kappa shape index (κ1) is 13.8. The zero-order valence-electron chi connectivity index (χ0n) is 9.43. The van der Waals surface area contributed by atoms with E-state index in [4.69, 9.17) is 10.2 Å². The lowest BCUT2D eigenvalue weighted by Crippen LogP contribution is -2.07. The number of aromatic nitrogens is 1. The molecule has 0 aliphatic heterocycles. The number of nitrogens with one attached hydrogen (secondary N) is 1. The van der Waals surface area contributed by atoms with E-state index in [1.165, 1.54) is 12.3 Å². The van der Waals surface area contributed by atoms with Crippen molar-refractivity contribution in [2.45, 2.75) is 6.42 Å². The molecule has 1 heterocycles. The fourth-order valence-corrected chi connectivity index (χ4v) is 1.93. The van der Waals surface area contributed by atoms with Gasteiger partial charge in [0.1, 0.15) is 5.82 Å². The number of thioether (sulfide) groups is 1. The lowest BCUT2D eigenvalue weighted by atomic mass is 10.3. The molecule has 94 valence electrons. The van der Waals surface area contributed by atoms with E-state index in [1.54, 1.807) is 17.8 Å².